The Labute approximate surface area is 101 Å². The van der Waals surface area contributed by atoms with E-state index in [0.717, 1.165) is 12.5 Å². The predicted molar refractivity (Wildman–Crippen MR) is 65.8 cm³/mol. The molecule has 2 atom stereocenters. The molecule has 1 aromatic rings. The van der Waals surface area contributed by atoms with Gasteiger partial charge in [-0.25, -0.2) is 0 Å². The van der Waals surface area contributed by atoms with E-state index in [4.69, 9.17) is 23.2 Å². The van der Waals surface area contributed by atoms with Crippen LogP contribution in [0.25, 0.3) is 0 Å². The van der Waals surface area contributed by atoms with Gasteiger partial charge >= 0.3 is 0 Å². The van der Waals surface area contributed by atoms with Gasteiger partial charge in [-0.3, -0.25) is 0 Å². The lowest BCUT2D eigenvalue weighted by Gasteiger charge is -2.12. The normalized spacial score (nSPS) is 29.2. The van der Waals surface area contributed by atoms with Crippen molar-refractivity contribution in [1.82, 2.24) is 5.32 Å². The summed E-state index contributed by atoms with van der Waals surface area (Å²) >= 11 is 11.9. The van der Waals surface area contributed by atoms with Crippen LogP contribution in [0.5, 0.6) is 0 Å². The lowest BCUT2D eigenvalue weighted by Crippen LogP contribution is -2.15. The van der Waals surface area contributed by atoms with Crippen molar-refractivity contribution in [2.75, 3.05) is 13.6 Å². The quantitative estimate of drug-likeness (QED) is 0.858. The molecular formula is C12H15Cl2N. The molecule has 2 rings (SSSR count). The molecule has 82 valence electrons. The maximum Gasteiger partial charge on any atom is 0.0595 e. The SMILES string of the molecule is CNC[C@H]1C[C@]1(C)c1ccc(Cl)c(Cl)c1. The average molecular weight is 244 g/mol. The summed E-state index contributed by atoms with van der Waals surface area (Å²) in [5, 5.41) is 4.51. The van der Waals surface area contributed by atoms with Crippen molar-refractivity contribution in [3.63, 3.8) is 0 Å². The van der Waals surface area contributed by atoms with Crippen molar-refractivity contribution in [2.45, 2.75) is 18.8 Å². The Morgan fingerprint density at radius 2 is 2.13 bits per heavy atom. The van der Waals surface area contributed by atoms with Gasteiger partial charge in [0.1, 0.15) is 0 Å². The zero-order valence-electron chi connectivity index (χ0n) is 8.98. The van der Waals surface area contributed by atoms with Crippen LogP contribution >= 0.6 is 23.2 Å². The number of nitrogens with one attached hydrogen (secondary N) is 1. The van der Waals surface area contributed by atoms with E-state index < -0.39 is 0 Å². The fourth-order valence-corrected chi connectivity index (χ4v) is 2.50. The van der Waals surface area contributed by atoms with Crippen LogP contribution in [0.3, 0.4) is 0 Å². The highest BCUT2D eigenvalue weighted by Gasteiger charge is 2.50. The molecule has 0 saturated heterocycles. The van der Waals surface area contributed by atoms with Crippen molar-refractivity contribution < 1.29 is 0 Å². The van der Waals surface area contributed by atoms with Gasteiger partial charge in [-0.2, -0.15) is 0 Å². The van der Waals surface area contributed by atoms with Gasteiger partial charge < -0.3 is 5.32 Å². The second-order valence-electron chi connectivity index (χ2n) is 4.51. The fraction of sp³-hybridized carbons (Fsp3) is 0.500. The van der Waals surface area contributed by atoms with E-state index in [-0.39, 0.29) is 5.41 Å². The van der Waals surface area contributed by atoms with Gasteiger partial charge in [0.15, 0.2) is 0 Å². The Morgan fingerprint density at radius 1 is 1.40 bits per heavy atom. The van der Waals surface area contributed by atoms with Gasteiger partial charge in [0.2, 0.25) is 0 Å². The number of hydrogen-bond donors (Lipinski definition) is 1. The van der Waals surface area contributed by atoms with Crippen molar-refractivity contribution in [3.05, 3.63) is 33.8 Å². The lowest BCUT2D eigenvalue weighted by molar-refractivity contribution is 0.617. The number of hydrogen-bond acceptors (Lipinski definition) is 1. The second-order valence-corrected chi connectivity index (χ2v) is 5.32. The molecule has 1 saturated carbocycles. The highest BCUT2D eigenvalue weighted by molar-refractivity contribution is 6.42. The Balaban J connectivity index is 2.21. The van der Waals surface area contributed by atoms with E-state index in [1.165, 1.54) is 12.0 Å². The first kappa shape index (κ1) is 11.3. The molecule has 0 bridgehead atoms. The van der Waals surface area contributed by atoms with Gasteiger partial charge in [-0.05, 0) is 49.0 Å². The monoisotopic (exact) mass is 243 g/mol. The van der Waals surface area contributed by atoms with E-state index >= 15 is 0 Å². The van der Waals surface area contributed by atoms with Crippen LogP contribution in [0.2, 0.25) is 10.0 Å². The Kier molecular flexibility index (Phi) is 2.98. The number of benzene rings is 1. The van der Waals surface area contributed by atoms with Crippen LogP contribution in [-0.4, -0.2) is 13.6 Å². The van der Waals surface area contributed by atoms with E-state index in [9.17, 15) is 0 Å². The summed E-state index contributed by atoms with van der Waals surface area (Å²) in [4.78, 5) is 0. The molecular weight excluding hydrogens is 229 g/mol. The molecule has 15 heavy (non-hydrogen) atoms. The van der Waals surface area contributed by atoms with Crippen molar-refractivity contribution in [1.29, 1.82) is 0 Å². The smallest absolute Gasteiger partial charge is 0.0595 e. The van der Waals surface area contributed by atoms with Crippen LogP contribution in [0.1, 0.15) is 18.9 Å². The molecule has 1 nitrogen and oxygen atoms in total. The Bertz CT molecular complexity index is 378. The summed E-state index contributed by atoms with van der Waals surface area (Å²) in [7, 11) is 1.99. The summed E-state index contributed by atoms with van der Waals surface area (Å²) in [5.74, 6) is 0.722. The molecule has 0 spiro atoms. The molecule has 1 aliphatic rings. The zero-order valence-corrected chi connectivity index (χ0v) is 10.5. The summed E-state index contributed by atoms with van der Waals surface area (Å²) in [6.45, 7) is 3.35. The molecule has 1 fully saturated rings. The summed E-state index contributed by atoms with van der Waals surface area (Å²) in [6, 6.07) is 5.97. The van der Waals surface area contributed by atoms with Crippen LogP contribution in [0.4, 0.5) is 0 Å². The van der Waals surface area contributed by atoms with Gasteiger partial charge in [-0.1, -0.05) is 36.2 Å². The molecule has 1 aliphatic carbocycles. The average Bonchev–Trinajstić information content (AvgIpc) is 2.84. The van der Waals surface area contributed by atoms with Crippen LogP contribution in [0, 0.1) is 5.92 Å². The highest BCUT2D eigenvalue weighted by Crippen LogP contribution is 2.54. The summed E-state index contributed by atoms with van der Waals surface area (Å²) in [6.07, 6.45) is 1.23. The Hall–Kier alpha value is -0.240. The molecule has 0 aliphatic heterocycles. The van der Waals surface area contributed by atoms with E-state index in [0.29, 0.717) is 10.0 Å². The topological polar surface area (TPSA) is 12.0 Å². The molecule has 0 unspecified atom stereocenters. The highest BCUT2D eigenvalue weighted by atomic mass is 35.5. The van der Waals surface area contributed by atoms with E-state index in [1.807, 2.05) is 19.2 Å². The van der Waals surface area contributed by atoms with Crippen molar-refractivity contribution >= 4 is 23.2 Å². The fourth-order valence-electron chi connectivity index (χ4n) is 2.20. The largest absolute Gasteiger partial charge is 0.319 e. The molecule has 0 radical (unpaired) electrons. The van der Waals surface area contributed by atoms with E-state index in [1.54, 1.807) is 0 Å². The zero-order chi connectivity index (χ0) is 11.1. The first-order chi connectivity index (χ1) is 7.08. The maximum atomic E-state index is 6.02. The molecule has 1 N–H and O–H groups in total. The molecule has 1 aromatic carbocycles. The van der Waals surface area contributed by atoms with Crippen molar-refractivity contribution in [3.8, 4) is 0 Å². The van der Waals surface area contributed by atoms with Crippen LogP contribution in [-0.2, 0) is 5.41 Å². The summed E-state index contributed by atoms with van der Waals surface area (Å²) < 4.78 is 0. The third kappa shape index (κ3) is 2.01. The molecule has 3 heteroatoms. The van der Waals surface area contributed by atoms with Gasteiger partial charge in [0.05, 0.1) is 10.0 Å². The van der Waals surface area contributed by atoms with E-state index in [2.05, 4.69) is 18.3 Å². The van der Waals surface area contributed by atoms with Crippen LogP contribution in [0.15, 0.2) is 18.2 Å². The number of rotatable bonds is 3. The second kappa shape index (κ2) is 3.97. The first-order valence-electron chi connectivity index (χ1n) is 5.18. The minimum absolute atomic E-state index is 0.289. The molecule has 0 aromatic heterocycles. The molecule has 0 heterocycles. The number of halogens is 2. The maximum absolute atomic E-state index is 6.02. The van der Waals surface area contributed by atoms with Gasteiger partial charge in [-0.15, -0.1) is 0 Å². The first-order valence-corrected chi connectivity index (χ1v) is 5.93. The standard InChI is InChI=1S/C12H15Cl2N/c1-12(6-9(12)7-15-2)8-3-4-10(13)11(14)5-8/h3-5,9,15H,6-7H2,1-2H3/t9-,12-/m1/s1. The Morgan fingerprint density at radius 3 is 2.73 bits per heavy atom. The minimum Gasteiger partial charge on any atom is -0.319 e. The predicted octanol–water partition coefficient (Wildman–Crippen LogP) is 3.49. The minimum atomic E-state index is 0.289. The summed E-state index contributed by atoms with van der Waals surface area (Å²) in [5.41, 5.74) is 1.59. The van der Waals surface area contributed by atoms with Gasteiger partial charge in [0.25, 0.3) is 0 Å². The molecule has 0 amide bonds. The lowest BCUT2D eigenvalue weighted by atomic mass is 9.95. The third-order valence-corrected chi connectivity index (χ3v) is 4.18. The third-order valence-electron chi connectivity index (χ3n) is 3.44. The van der Waals surface area contributed by atoms with Crippen LogP contribution < -0.4 is 5.32 Å². The van der Waals surface area contributed by atoms with Crippen molar-refractivity contribution in [2.24, 2.45) is 5.92 Å². The van der Waals surface area contributed by atoms with Gasteiger partial charge in [0, 0.05) is 0 Å².